The van der Waals surface area contributed by atoms with Gasteiger partial charge >= 0.3 is 5.97 Å². The molecule has 0 fully saturated rings. The van der Waals surface area contributed by atoms with Gasteiger partial charge in [0, 0.05) is 11.3 Å². The van der Waals surface area contributed by atoms with Crippen LogP contribution in [-0.2, 0) is 20.3 Å². The molecule has 17 heavy (non-hydrogen) atoms. The summed E-state index contributed by atoms with van der Waals surface area (Å²) in [5.74, 6) is -0.451. The van der Waals surface area contributed by atoms with Crippen molar-refractivity contribution in [3.63, 3.8) is 0 Å². The molecule has 0 spiro atoms. The van der Waals surface area contributed by atoms with Crippen LogP contribution in [0.4, 0.5) is 0 Å². The lowest BCUT2D eigenvalue weighted by molar-refractivity contribution is -0.139. The van der Waals surface area contributed by atoms with Crippen molar-refractivity contribution in [1.82, 2.24) is 0 Å². The molecule has 0 N–H and O–H groups in total. The Balaban J connectivity index is 2.37. The largest absolute Gasteiger partial charge is 0.461 e. The number of aryl methyl sites for hydroxylation is 1. The lowest BCUT2D eigenvalue weighted by Crippen LogP contribution is -2.20. The number of ether oxygens (including phenoxy) is 1. The monoisotopic (exact) mass is 250 g/mol. The van der Waals surface area contributed by atoms with Gasteiger partial charge in [0.15, 0.2) is 0 Å². The van der Waals surface area contributed by atoms with E-state index in [2.05, 4.69) is 0 Å². The van der Waals surface area contributed by atoms with Crippen molar-refractivity contribution in [3.05, 3.63) is 40.3 Å². The van der Waals surface area contributed by atoms with Gasteiger partial charge in [0.25, 0.3) is 0 Å². The number of hydrogen-bond acceptors (Lipinski definition) is 3. The van der Waals surface area contributed by atoms with Gasteiger partial charge in [-0.1, -0.05) is 17.7 Å². The second kappa shape index (κ2) is 4.84. The molecule has 0 saturated heterocycles. The van der Waals surface area contributed by atoms with Crippen LogP contribution >= 0.6 is 0 Å². The van der Waals surface area contributed by atoms with Crippen LogP contribution < -0.4 is 0 Å². The Morgan fingerprint density at radius 3 is 2.41 bits per heavy atom. The molecule has 0 aromatic heterocycles. The molecule has 0 radical (unpaired) electrons. The summed E-state index contributed by atoms with van der Waals surface area (Å²) in [6, 6.07) is 7.34. The Labute approximate surface area is 103 Å². The summed E-state index contributed by atoms with van der Waals surface area (Å²) in [4.78, 5) is 12.6. The number of rotatable bonds is 2. The van der Waals surface area contributed by atoms with Gasteiger partial charge in [-0.25, -0.2) is 9.00 Å². The molecule has 90 valence electrons. The third-order valence-corrected chi connectivity index (χ3v) is 4.29. The molecule has 0 saturated carbocycles. The van der Waals surface area contributed by atoms with Crippen LogP contribution in [0.1, 0.15) is 18.9 Å². The smallest absolute Gasteiger partial charge is 0.347 e. The predicted molar refractivity (Wildman–Crippen MR) is 65.9 cm³/mol. The quantitative estimate of drug-likeness (QED) is 0.757. The normalized spacial score (nSPS) is 17.9. The molecule has 0 amide bonds. The summed E-state index contributed by atoms with van der Waals surface area (Å²) in [5.41, 5.74) is 1.96. The number of cyclic esters (lactones) is 1. The molecule has 1 unspecified atom stereocenters. The highest BCUT2D eigenvalue weighted by molar-refractivity contribution is 7.90. The number of esters is 1. The minimum Gasteiger partial charge on any atom is -0.461 e. The van der Waals surface area contributed by atoms with Gasteiger partial charge in [0.05, 0.1) is 17.4 Å². The Bertz CT molecular complexity index is 500. The molecule has 1 aromatic carbocycles. The van der Waals surface area contributed by atoms with E-state index in [4.69, 9.17) is 4.74 Å². The SMILES string of the molecule is CC1=C(S(=O)c2ccc(C)cc2)C(=O)OCC1. The molecule has 2 rings (SSSR count). The zero-order valence-electron chi connectivity index (χ0n) is 9.86. The van der Waals surface area contributed by atoms with Crippen LogP contribution in [0, 0.1) is 6.92 Å². The fraction of sp³-hybridized carbons (Fsp3) is 0.308. The van der Waals surface area contributed by atoms with E-state index in [1.807, 2.05) is 26.0 Å². The molecule has 1 aliphatic rings. The molecule has 0 aliphatic carbocycles. The summed E-state index contributed by atoms with van der Waals surface area (Å²) in [6.07, 6.45) is 0.665. The van der Waals surface area contributed by atoms with Crippen molar-refractivity contribution >= 4 is 16.8 Å². The van der Waals surface area contributed by atoms with Crippen LogP contribution in [0.5, 0.6) is 0 Å². The fourth-order valence-corrected chi connectivity index (χ4v) is 2.91. The summed E-state index contributed by atoms with van der Waals surface area (Å²) >= 11 is 0. The zero-order chi connectivity index (χ0) is 12.4. The van der Waals surface area contributed by atoms with Crippen LogP contribution in [0.2, 0.25) is 0 Å². The van der Waals surface area contributed by atoms with Gasteiger partial charge in [-0.3, -0.25) is 0 Å². The standard InChI is InChI=1S/C13H14O3S/c1-9-3-5-11(6-4-9)17(15)12-10(2)7-8-16-13(12)14/h3-6H,7-8H2,1-2H3. The van der Waals surface area contributed by atoms with Gasteiger partial charge in [-0.15, -0.1) is 0 Å². The summed E-state index contributed by atoms with van der Waals surface area (Å²) in [6.45, 7) is 4.19. The molecule has 1 aromatic rings. The maximum atomic E-state index is 12.3. The topological polar surface area (TPSA) is 43.4 Å². The predicted octanol–water partition coefficient (Wildman–Crippen LogP) is 2.32. The highest BCUT2D eigenvalue weighted by Crippen LogP contribution is 2.24. The summed E-state index contributed by atoms with van der Waals surface area (Å²) in [7, 11) is -1.43. The van der Waals surface area contributed by atoms with Crippen molar-refractivity contribution in [2.75, 3.05) is 6.61 Å². The number of carbonyl (C=O) groups is 1. The minimum absolute atomic E-state index is 0.306. The lowest BCUT2D eigenvalue weighted by atomic mass is 10.2. The number of carbonyl (C=O) groups excluding carboxylic acids is 1. The Morgan fingerprint density at radius 2 is 1.82 bits per heavy atom. The van der Waals surface area contributed by atoms with Crippen LogP contribution in [-0.4, -0.2) is 16.8 Å². The minimum atomic E-state index is -1.43. The van der Waals surface area contributed by atoms with Gasteiger partial charge < -0.3 is 4.74 Å². The van der Waals surface area contributed by atoms with Crippen LogP contribution in [0.3, 0.4) is 0 Å². The number of hydrogen-bond donors (Lipinski definition) is 0. The van der Waals surface area contributed by atoms with E-state index in [1.54, 1.807) is 12.1 Å². The Hall–Kier alpha value is -1.42. The van der Waals surface area contributed by atoms with Crippen molar-refractivity contribution in [3.8, 4) is 0 Å². The lowest BCUT2D eigenvalue weighted by Gasteiger charge is -2.16. The van der Waals surface area contributed by atoms with E-state index >= 15 is 0 Å². The van der Waals surface area contributed by atoms with E-state index < -0.39 is 16.8 Å². The van der Waals surface area contributed by atoms with Gasteiger partial charge in [-0.05, 0) is 31.6 Å². The second-order valence-corrected chi connectivity index (χ2v) is 5.49. The van der Waals surface area contributed by atoms with Crippen LogP contribution in [0.25, 0.3) is 0 Å². The molecule has 4 heteroatoms. The number of benzene rings is 1. The first kappa shape index (κ1) is 12.0. The molecule has 0 bridgehead atoms. The first-order chi connectivity index (χ1) is 8.09. The highest BCUT2D eigenvalue weighted by atomic mass is 32.2. The second-order valence-electron chi connectivity index (χ2n) is 4.08. The molecule has 3 nitrogen and oxygen atoms in total. The van der Waals surface area contributed by atoms with Gasteiger partial charge in [0.2, 0.25) is 0 Å². The van der Waals surface area contributed by atoms with Gasteiger partial charge in [0.1, 0.15) is 4.91 Å². The summed E-state index contributed by atoms with van der Waals surface area (Å²) in [5, 5.41) is 0. The van der Waals surface area contributed by atoms with E-state index in [0.29, 0.717) is 22.8 Å². The first-order valence-corrected chi connectivity index (χ1v) is 6.60. The first-order valence-electron chi connectivity index (χ1n) is 5.45. The van der Waals surface area contributed by atoms with E-state index in [9.17, 15) is 9.00 Å². The van der Waals surface area contributed by atoms with Crippen molar-refractivity contribution in [2.45, 2.75) is 25.2 Å². The van der Waals surface area contributed by atoms with E-state index in [0.717, 1.165) is 11.1 Å². The molecular formula is C13H14O3S. The third-order valence-electron chi connectivity index (χ3n) is 2.70. The molecule has 1 aliphatic heterocycles. The Morgan fingerprint density at radius 1 is 1.18 bits per heavy atom. The Kier molecular flexibility index (Phi) is 3.43. The molecular weight excluding hydrogens is 236 g/mol. The highest BCUT2D eigenvalue weighted by Gasteiger charge is 2.25. The van der Waals surface area contributed by atoms with Crippen molar-refractivity contribution in [2.24, 2.45) is 0 Å². The van der Waals surface area contributed by atoms with E-state index in [1.165, 1.54) is 0 Å². The summed E-state index contributed by atoms with van der Waals surface area (Å²) < 4.78 is 17.2. The average molecular weight is 250 g/mol. The maximum absolute atomic E-state index is 12.3. The van der Waals surface area contributed by atoms with Gasteiger partial charge in [-0.2, -0.15) is 0 Å². The zero-order valence-corrected chi connectivity index (χ0v) is 10.7. The average Bonchev–Trinajstić information content (AvgIpc) is 2.29. The molecule has 1 heterocycles. The third kappa shape index (κ3) is 2.47. The maximum Gasteiger partial charge on any atom is 0.347 e. The van der Waals surface area contributed by atoms with Crippen molar-refractivity contribution in [1.29, 1.82) is 0 Å². The molecule has 1 atom stereocenters. The van der Waals surface area contributed by atoms with E-state index in [-0.39, 0.29) is 0 Å². The van der Waals surface area contributed by atoms with Crippen LogP contribution in [0.15, 0.2) is 39.6 Å². The fourth-order valence-electron chi connectivity index (χ4n) is 1.66. The van der Waals surface area contributed by atoms with Crippen molar-refractivity contribution < 1.29 is 13.7 Å².